The highest BCUT2D eigenvalue weighted by Crippen LogP contribution is 2.43. The fourth-order valence-corrected chi connectivity index (χ4v) is 6.19. The Balaban J connectivity index is 1.31. The molecule has 0 saturated carbocycles. The molecule has 0 saturated heterocycles. The van der Waals surface area contributed by atoms with Crippen LogP contribution in [-0.2, 0) is 35.6 Å². The summed E-state index contributed by atoms with van der Waals surface area (Å²) >= 11 is 6.24. The lowest BCUT2D eigenvalue weighted by Gasteiger charge is -2.36. The predicted octanol–water partition coefficient (Wildman–Crippen LogP) is 5.18. The lowest BCUT2D eigenvalue weighted by Crippen LogP contribution is -2.45. The topological polar surface area (TPSA) is 111 Å². The fourth-order valence-electron chi connectivity index (χ4n) is 5.98. The van der Waals surface area contributed by atoms with Crippen LogP contribution in [0.5, 0.6) is 0 Å². The molecule has 43 heavy (non-hydrogen) atoms. The quantitative estimate of drug-likeness (QED) is 0.314. The van der Waals surface area contributed by atoms with E-state index < -0.39 is 35.8 Å². The molecule has 11 heteroatoms. The molecule has 1 unspecified atom stereocenters. The summed E-state index contributed by atoms with van der Waals surface area (Å²) in [5.74, 6) is -1.15. The van der Waals surface area contributed by atoms with Gasteiger partial charge in [-0.25, -0.2) is 14.2 Å². The number of imidazole rings is 1. The van der Waals surface area contributed by atoms with Gasteiger partial charge in [0.25, 0.3) is 5.91 Å². The average Bonchev–Trinajstić information content (AvgIpc) is 3.63. The summed E-state index contributed by atoms with van der Waals surface area (Å²) in [6.07, 6.45) is 1.72. The first kappa shape index (κ1) is 28.4. The van der Waals surface area contributed by atoms with Gasteiger partial charge in [-0.3, -0.25) is 14.5 Å². The molecule has 0 fully saturated rings. The van der Waals surface area contributed by atoms with Crippen LogP contribution in [0.4, 0.5) is 9.18 Å². The molecule has 2 atom stereocenters. The van der Waals surface area contributed by atoms with Crippen LogP contribution in [0.15, 0.2) is 79.0 Å². The second-order valence-electron chi connectivity index (χ2n) is 10.6. The maximum absolute atomic E-state index is 14.9. The highest BCUT2D eigenvalue weighted by molar-refractivity contribution is 6.30. The standard InChI is InChI=1S/C32H29ClFN5O4/c33-22-15-24-23(25(34)16-22)11-12-26(24)39(29(30(35)40)21-9-5-2-6-10-21)31(41)27-17-36-28-18-37(13-14-38(27)28)32(42)43-19-20-7-3-1-4-8-20/h1-10,15-17,26,29H,11-14,18-19H2,(H2,35,40)/t26-,29?/m1/s1. The average molecular weight is 602 g/mol. The van der Waals surface area contributed by atoms with E-state index in [0.29, 0.717) is 48.4 Å². The monoisotopic (exact) mass is 601 g/mol. The van der Waals surface area contributed by atoms with Crippen LogP contribution >= 0.6 is 11.6 Å². The van der Waals surface area contributed by atoms with Gasteiger partial charge in [0.15, 0.2) is 0 Å². The predicted molar refractivity (Wildman–Crippen MR) is 156 cm³/mol. The Hall–Kier alpha value is -4.70. The van der Waals surface area contributed by atoms with Crippen LogP contribution in [0.2, 0.25) is 5.02 Å². The number of amides is 3. The number of carbonyl (C=O) groups excluding carboxylic acids is 3. The second kappa shape index (κ2) is 11.9. The SMILES string of the molecule is NC(=O)C(c1ccccc1)N(C(=O)c1cnc2n1CCN(C(=O)OCc1ccccc1)C2)[C@@H]1CCc2c(F)cc(Cl)cc21. The molecule has 0 radical (unpaired) electrons. The van der Waals surface area contributed by atoms with Crippen LogP contribution in [0, 0.1) is 5.82 Å². The third-order valence-corrected chi connectivity index (χ3v) is 8.22. The van der Waals surface area contributed by atoms with Gasteiger partial charge in [0.1, 0.15) is 30.0 Å². The van der Waals surface area contributed by atoms with Gasteiger partial charge in [0, 0.05) is 18.1 Å². The minimum atomic E-state index is -1.13. The molecule has 2 N–H and O–H groups in total. The van der Waals surface area contributed by atoms with Crippen LogP contribution in [0.3, 0.4) is 0 Å². The highest BCUT2D eigenvalue weighted by atomic mass is 35.5. The van der Waals surface area contributed by atoms with Crippen LogP contribution in [-0.4, -0.2) is 43.8 Å². The number of primary amides is 1. The molecule has 1 aliphatic heterocycles. The number of nitrogens with two attached hydrogens (primary N) is 1. The van der Waals surface area contributed by atoms with E-state index in [2.05, 4.69) is 4.98 Å². The number of hydrogen-bond donors (Lipinski definition) is 1. The van der Waals surface area contributed by atoms with Gasteiger partial charge in [-0.2, -0.15) is 0 Å². The van der Waals surface area contributed by atoms with E-state index in [9.17, 15) is 18.8 Å². The van der Waals surface area contributed by atoms with Crippen LogP contribution in [0.1, 0.15) is 57.1 Å². The number of benzene rings is 3. The van der Waals surface area contributed by atoms with Gasteiger partial charge >= 0.3 is 6.09 Å². The van der Waals surface area contributed by atoms with E-state index in [0.717, 1.165) is 5.56 Å². The summed E-state index contributed by atoms with van der Waals surface area (Å²) in [7, 11) is 0. The largest absolute Gasteiger partial charge is 0.445 e. The Morgan fingerprint density at radius 2 is 1.79 bits per heavy atom. The Morgan fingerprint density at radius 3 is 2.51 bits per heavy atom. The molecule has 2 aliphatic rings. The Morgan fingerprint density at radius 1 is 1.07 bits per heavy atom. The Bertz CT molecular complexity index is 1680. The summed E-state index contributed by atoms with van der Waals surface area (Å²) in [5, 5.41) is 0.201. The minimum Gasteiger partial charge on any atom is -0.445 e. The summed E-state index contributed by atoms with van der Waals surface area (Å²) < 4.78 is 22.1. The number of nitrogens with zero attached hydrogens (tertiary/aromatic N) is 4. The van der Waals surface area contributed by atoms with E-state index in [1.165, 1.54) is 22.1 Å². The molecular weight excluding hydrogens is 573 g/mol. The number of rotatable bonds is 7. The molecule has 0 spiro atoms. The van der Waals surface area contributed by atoms with Crippen molar-refractivity contribution in [3.05, 3.63) is 124 Å². The molecule has 3 amide bonds. The van der Waals surface area contributed by atoms with Crippen molar-refractivity contribution in [2.24, 2.45) is 5.73 Å². The zero-order chi connectivity index (χ0) is 30.1. The number of ether oxygens (including phenoxy) is 1. The zero-order valence-electron chi connectivity index (χ0n) is 23.2. The maximum Gasteiger partial charge on any atom is 0.410 e. The Kier molecular flexibility index (Phi) is 7.86. The summed E-state index contributed by atoms with van der Waals surface area (Å²) in [6.45, 7) is 0.873. The first-order valence-electron chi connectivity index (χ1n) is 14.0. The first-order chi connectivity index (χ1) is 20.8. The van der Waals surface area contributed by atoms with Crippen LogP contribution in [0.25, 0.3) is 0 Å². The summed E-state index contributed by atoms with van der Waals surface area (Å²) in [6, 6.07) is 19.3. The molecule has 1 aromatic heterocycles. The van der Waals surface area contributed by atoms with E-state index in [1.807, 2.05) is 30.3 Å². The molecular formula is C32H29ClFN5O4. The van der Waals surface area contributed by atoms with Gasteiger partial charge in [-0.05, 0) is 47.2 Å². The fraction of sp³-hybridized carbons (Fsp3) is 0.250. The van der Waals surface area contributed by atoms with Gasteiger partial charge in [0.05, 0.1) is 18.8 Å². The molecule has 2 heterocycles. The number of carbonyl (C=O) groups is 3. The second-order valence-corrected chi connectivity index (χ2v) is 11.0. The molecule has 4 aromatic rings. The number of fused-ring (bicyclic) bond motifs is 2. The first-order valence-corrected chi connectivity index (χ1v) is 14.3. The number of halogens is 2. The molecule has 220 valence electrons. The van der Waals surface area contributed by atoms with Crippen molar-refractivity contribution < 1.29 is 23.5 Å². The highest BCUT2D eigenvalue weighted by Gasteiger charge is 2.42. The number of hydrogen-bond acceptors (Lipinski definition) is 5. The van der Waals surface area contributed by atoms with Gasteiger partial charge in [-0.1, -0.05) is 72.3 Å². The third-order valence-electron chi connectivity index (χ3n) is 8.00. The van der Waals surface area contributed by atoms with Gasteiger partial charge < -0.3 is 19.9 Å². The lowest BCUT2D eigenvalue weighted by atomic mass is 9.98. The van der Waals surface area contributed by atoms with Crippen molar-refractivity contribution in [1.82, 2.24) is 19.4 Å². The van der Waals surface area contributed by atoms with Crippen molar-refractivity contribution in [1.29, 1.82) is 0 Å². The van der Waals surface area contributed by atoms with E-state index >= 15 is 0 Å². The molecule has 9 nitrogen and oxygen atoms in total. The molecule has 3 aromatic carbocycles. The summed E-state index contributed by atoms with van der Waals surface area (Å²) in [4.78, 5) is 47.7. The molecule has 0 bridgehead atoms. The van der Waals surface area contributed by atoms with Crippen molar-refractivity contribution in [2.75, 3.05) is 6.54 Å². The van der Waals surface area contributed by atoms with E-state index in [-0.39, 0.29) is 23.9 Å². The Labute approximate surface area is 252 Å². The third kappa shape index (κ3) is 5.58. The van der Waals surface area contributed by atoms with E-state index in [4.69, 9.17) is 22.1 Å². The maximum atomic E-state index is 14.9. The zero-order valence-corrected chi connectivity index (χ0v) is 23.9. The van der Waals surface area contributed by atoms with Gasteiger partial charge in [-0.15, -0.1) is 0 Å². The lowest BCUT2D eigenvalue weighted by molar-refractivity contribution is -0.123. The smallest absolute Gasteiger partial charge is 0.410 e. The van der Waals surface area contributed by atoms with Crippen molar-refractivity contribution >= 4 is 29.5 Å². The summed E-state index contributed by atoms with van der Waals surface area (Å²) in [5.41, 5.74) is 8.61. The number of aromatic nitrogens is 2. The molecule has 6 rings (SSSR count). The van der Waals surface area contributed by atoms with Crippen molar-refractivity contribution in [2.45, 2.75) is 44.6 Å². The van der Waals surface area contributed by atoms with E-state index in [1.54, 1.807) is 41.0 Å². The molecule has 1 aliphatic carbocycles. The van der Waals surface area contributed by atoms with Crippen molar-refractivity contribution in [3.8, 4) is 0 Å². The minimum absolute atomic E-state index is 0.144. The van der Waals surface area contributed by atoms with Crippen LogP contribution < -0.4 is 5.73 Å². The van der Waals surface area contributed by atoms with Gasteiger partial charge in [0.2, 0.25) is 5.91 Å². The van der Waals surface area contributed by atoms with Crippen molar-refractivity contribution in [3.63, 3.8) is 0 Å². The normalized spacial score (nSPS) is 16.2.